The van der Waals surface area contributed by atoms with Crippen LogP contribution < -0.4 is 5.32 Å². The maximum absolute atomic E-state index is 12.3. The van der Waals surface area contributed by atoms with Gasteiger partial charge in [-0.3, -0.25) is 4.99 Å². The second kappa shape index (κ2) is 12.6. The predicted octanol–water partition coefficient (Wildman–Crippen LogP) is 0.915. The molecule has 0 atom stereocenters. The lowest BCUT2D eigenvalue weighted by atomic mass is 10.4. The molecule has 24 heavy (non-hydrogen) atoms. The van der Waals surface area contributed by atoms with Gasteiger partial charge in [-0.2, -0.15) is 16.1 Å². The maximum Gasteiger partial charge on any atom is 0.216 e. The van der Waals surface area contributed by atoms with Gasteiger partial charge < -0.3 is 15.0 Å². The Bertz CT molecular complexity index is 467. The van der Waals surface area contributed by atoms with Gasteiger partial charge in [0, 0.05) is 45.5 Å². The summed E-state index contributed by atoms with van der Waals surface area (Å²) in [5, 5.41) is 3.31. The Balaban J connectivity index is 0.00000529. The van der Waals surface area contributed by atoms with Crippen molar-refractivity contribution in [2.75, 3.05) is 64.1 Å². The van der Waals surface area contributed by atoms with E-state index in [2.05, 4.69) is 21.5 Å². The molecule has 0 aromatic rings. The van der Waals surface area contributed by atoms with Gasteiger partial charge >= 0.3 is 0 Å². The third-order valence-electron chi connectivity index (χ3n) is 3.53. The average Bonchev–Trinajstić information content (AvgIpc) is 2.51. The Hall–Kier alpha value is 0.220. The van der Waals surface area contributed by atoms with E-state index in [0.29, 0.717) is 26.2 Å². The van der Waals surface area contributed by atoms with Crippen molar-refractivity contribution >= 4 is 51.7 Å². The van der Waals surface area contributed by atoms with Crippen LogP contribution in [0.1, 0.15) is 13.8 Å². The zero-order chi connectivity index (χ0) is 17.3. The van der Waals surface area contributed by atoms with Gasteiger partial charge in [-0.15, -0.1) is 24.0 Å². The Kier molecular flexibility index (Phi) is 12.7. The third kappa shape index (κ3) is 8.54. The highest BCUT2D eigenvalue weighted by atomic mass is 127. The van der Waals surface area contributed by atoms with Crippen LogP contribution in [0.15, 0.2) is 4.99 Å². The van der Waals surface area contributed by atoms with Crippen molar-refractivity contribution in [3.05, 3.63) is 0 Å². The van der Waals surface area contributed by atoms with E-state index < -0.39 is 10.0 Å². The molecule has 0 bridgehead atoms. The number of thioether (sulfide) groups is 1. The number of hydrogen-bond acceptors (Lipinski definition) is 5. The van der Waals surface area contributed by atoms with Crippen molar-refractivity contribution in [2.45, 2.75) is 20.0 Å². The smallest absolute Gasteiger partial charge is 0.216 e. The zero-order valence-electron chi connectivity index (χ0n) is 15.0. The SMILES string of the molecule is CN=C(NCCSC)N1CCN(S(=O)(=O)CCOC(C)C)CC1.I. The summed E-state index contributed by atoms with van der Waals surface area (Å²) >= 11 is 1.78. The Labute approximate surface area is 168 Å². The second-order valence-corrected chi connectivity index (χ2v) is 8.66. The maximum atomic E-state index is 12.3. The minimum Gasteiger partial charge on any atom is -0.378 e. The summed E-state index contributed by atoms with van der Waals surface area (Å²) in [5.74, 6) is 1.91. The Morgan fingerprint density at radius 2 is 1.92 bits per heavy atom. The molecule has 0 amide bonds. The molecule has 7 nitrogen and oxygen atoms in total. The summed E-state index contributed by atoms with van der Waals surface area (Å²) in [6.07, 6.45) is 2.12. The van der Waals surface area contributed by atoms with Crippen LogP contribution in [0, 0.1) is 0 Å². The highest BCUT2D eigenvalue weighted by molar-refractivity contribution is 14.0. The van der Waals surface area contributed by atoms with Gasteiger partial charge in [-0.05, 0) is 20.1 Å². The van der Waals surface area contributed by atoms with Crippen LogP contribution in [-0.2, 0) is 14.8 Å². The van der Waals surface area contributed by atoms with E-state index in [1.54, 1.807) is 23.1 Å². The van der Waals surface area contributed by atoms with Crippen molar-refractivity contribution in [3.8, 4) is 0 Å². The predicted molar refractivity (Wildman–Crippen MR) is 113 cm³/mol. The molecule has 1 aliphatic rings. The van der Waals surface area contributed by atoms with Crippen LogP contribution in [0.5, 0.6) is 0 Å². The highest BCUT2D eigenvalue weighted by Crippen LogP contribution is 2.09. The van der Waals surface area contributed by atoms with E-state index in [-0.39, 0.29) is 42.4 Å². The van der Waals surface area contributed by atoms with Crippen molar-refractivity contribution in [1.82, 2.24) is 14.5 Å². The molecule has 144 valence electrons. The van der Waals surface area contributed by atoms with Gasteiger partial charge in [-0.25, -0.2) is 8.42 Å². The average molecular weight is 494 g/mol. The van der Waals surface area contributed by atoms with Crippen molar-refractivity contribution in [3.63, 3.8) is 0 Å². The molecule has 1 rings (SSSR count). The molecule has 0 radical (unpaired) electrons. The summed E-state index contributed by atoms with van der Waals surface area (Å²) in [7, 11) is -1.48. The van der Waals surface area contributed by atoms with Gasteiger partial charge in [0.25, 0.3) is 0 Å². The number of piperazine rings is 1. The molecule has 1 N–H and O–H groups in total. The van der Waals surface area contributed by atoms with Gasteiger partial charge in [0.05, 0.1) is 18.5 Å². The van der Waals surface area contributed by atoms with E-state index in [1.165, 1.54) is 0 Å². The van der Waals surface area contributed by atoms with E-state index >= 15 is 0 Å². The van der Waals surface area contributed by atoms with Crippen LogP contribution in [0.3, 0.4) is 0 Å². The fourth-order valence-electron chi connectivity index (χ4n) is 2.29. The van der Waals surface area contributed by atoms with Crippen LogP contribution in [0.25, 0.3) is 0 Å². The van der Waals surface area contributed by atoms with E-state index in [1.807, 2.05) is 13.8 Å². The van der Waals surface area contributed by atoms with E-state index in [0.717, 1.165) is 18.3 Å². The zero-order valence-corrected chi connectivity index (χ0v) is 19.0. The standard InChI is InChI=1S/C14H30N4O3S2.HI/c1-13(2)21-10-12-23(19,20)18-8-6-17(7-9-18)14(15-3)16-5-11-22-4;/h13H,5-12H2,1-4H3,(H,15,16);1H. The summed E-state index contributed by atoms with van der Waals surface area (Å²) < 4.78 is 31.5. The molecule has 1 fully saturated rings. The number of nitrogens with zero attached hydrogens (tertiary/aromatic N) is 3. The molecule has 0 unspecified atom stereocenters. The van der Waals surface area contributed by atoms with Gasteiger partial charge in [-0.1, -0.05) is 0 Å². The number of aliphatic imine (C=N–C) groups is 1. The number of nitrogens with one attached hydrogen (secondary N) is 1. The molecule has 10 heteroatoms. The number of halogens is 1. The minimum atomic E-state index is -3.24. The van der Waals surface area contributed by atoms with Crippen LogP contribution in [0.2, 0.25) is 0 Å². The van der Waals surface area contributed by atoms with Crippen LogP contribution in [0.4, 0.5) is 0 Å². The first-order valence-electron chi connectivity index (χ1n) is 7.94. The van der Waals surface area contributed by atoms with Crippen LogP contribution >= 0.6 is 35.7 Å². The fraction of sp³-hybridized carbons (Fsp3) is 0.929. The molecule has 0 saturated carbocycles. The van der Waals surface area contributed by atoms with Crippen molar-refractivity contribution in [1.29, 1.82) is 0 Å². The molecule has 0 aromatic heterocycles. The molecule has 0 aromatic carbocycles. The van der Waals surface area contributed by atoms with Crippen LogP contribution in [-0.4, -0.2) is 93.8 Å². The number of ether oxygens (including phenoxy) is 1. The Morgan fingerprint density at radius 3 is 2.42 bits per heavy atom. The molecule has 1 saturated heterocycles. The summed E-state index contributed by atoms with van der Waals surface area (Å²) in [6, 6.07) is 0. The number of guanidine groups is 1. The largest absolute Gasteiger partial charge is 0.378 e. The minimum absolute atomic E-state index is 0. The first kappa shape index (κ1) is 24.2. The quantitative estimate of drug-likeness (QED) is 0.234. The molecule has 0 spiro atoms. The summed E-state index contributed by atoms with van der Waals surface area (Å²) in [6.45, 7) is 7.21. The molecular formula is C14H31IN4O3S2. The fourth-order valence-corrected chi connectivity index (χ4v) is 3.88. The van der Waals surface area contributed by atoms with Crippen molar-refractivity contribution < 1.29 is 13.2 Å². The lowest BCUT2D eigenvalue weighted by Crippen LogP contribution is -2.54. The normalized spacial score (nSPS) is 17.0. The third-order valence-corrected chi connectivity index (χ3v) is 5.97. The van der Waals surface area contributed by atoms with Gasteiger partial charge in [0.2, 0.25) is 10.0 Å². The summed E-state index contributed by atoms with van der Waals surface area (Å²) in [4.78, 5) is 6.38. The lowest BCUT2D eigenvalue weighted by molar-refractivity contribution is 0.0904. The van der Waals surface area contributed by atoms with Gasteiger partial charge in [0.1, 0.15) is 0 Å². The Morgan fingerprint density at radius 1 is 1.29 bits per heavy atom. The molecule has 1 heterocycles. The molecular weight excluding hydrogens is 463 g/mol. The lowest BCUT2D eigenvalue weighted by Gasteiger charge is -2.35. The van der Waals surface area contributed by atoms with E-state index in [9.17, 15) is 8.42 Å². The monoisotopic (exact) mass is 494 g/mol. The van der Waals surface area contributed by atoms with E-state index in [4.69, 9.17) is 4.74 Å². The molecule has 0 aliphatic carbocycles. The number of rotatable bonds is 8. The van der Waals surface area contributed by atoms with Gasteiger partial charge in [0.15, 0.2) is 5.96 Å². The molecule has 1 aliphatic heterocycles. The second-order valence-electron chi connectivity index (χ2n) is 5.59. The highest BCUT2D eigenvalue weighted by Gasteiger charge is 2.27. The number of hydrogen-bond donors (Lipinski definition) is 1. The first-order chi connectivity index (χ1) is 10.9. The number of sulfonamides is 1. The van der Waals surface area contributed by atoms with Crippen molar-refractivity contribution in [2.24, 2.45) is 4.99 Å². The summed E-state index contributed by atoms with van der Waals surface area (Å²) in [5.41, 5.74) is 0. The first-order valence-corrected chi connectivity index (χ1v) is 10.9. The topological polar surface area (TPSA) is 74.2 Å².